The van der Waals surface area contributed by atoms with Crippen molar-refractivity contribution in [2.45, 2.75) is 52.9 Å². The third kappa shape index (κ3) is 4.72. The molecule has 118 valence electrons. The number of hydrogen-bond donors (Lipinski definition) is 2. The van der Waals surface area contributed by atoms with E-state index in [9.17, 15) is 0 Å². The van der Waals surface area contributed by atoms with Gasteiger partial charge in [0.25, 0.3) is 0 Å². The molecule has 0 bridgehead atoms. The van der Waals surface area contributed by atoms with Crippen molar-refractivity contribution in [3.63, 3.8) is 0 Å². The fraction of sp³-hybridized carbons (Fsp3) is 0.800. The summed E-state index contributed by atoms with van der Waals surface area (Å²) in [4.78, 5) is 13.0. The van der Waals surface area contributed by atoms with Crippen LogP contribution in [0.1, 0.15) is 52.9 Å². The predicted octanol–water partition coefficient (Wildman–Crippen LogP) is 3.08. The standard InChI is InChI=1S/C15H27N5O/c1-4-7-15(8-9-15)11-17-13-18-12(16-6-3)19-14(20-13)21-10-5-2/h4-11H2,1-3H3,(H2,16,17,18,19,20). The van der Waals surface area contributed by atoms with Gasteiger partial charge in [-0.1, -0.05) is 20.3 Å². The molecular formula is C15H27N5O. The van der Waals surface area contributed by atoms with Gasteiger partial charge in [-0.05, 0) is 38.0 Å². The molecule has 6 heteroatoms. The summed E-state index contributed by atoms with van der Waals surface area (Å²) in [6.07, 6.45) is 6.04. The average Bonchev–Trinajstić information content (AvgIpc) is 3.24. The van der Waals surface area contributed by atoms with Crippen LogP contribution in [0.5, 0.6) is 6.01 Å². The molecule has 2 N–H and O–H groups in total. The number of ether oxygens (including phenoxy) is 1. The van der Waals surface area contributed by atoms with Gasteiger partial charge in [0.05, 0.1) is 6.61 Å². The lowest BCUT2D eigenvalue weighted by Gasteiger charge is -2.15. The van der Waals surface area contributed by atoms with Gasteiger partial charge in [0, 0.05) is 13.1 Å². The first-order valence-corrected chi connectivity index (χ1v) is 8.08. The van der Waals surface area contributed by atoms with Crippen molar-refractivity contribution in [2.75, 3.05) is 30.3 Å². The zero-order valence-electron chi connectivity index (χ0n) is 13.4. The van der Waals surface area contributed by atoms with Gasteiger partial charge >= 0.3 is 6.01 Å². The van der Waals surface area contributed by atoms with E-state index in [1.54, 1.807) is 0 Å². The van der Waals surface area contributed by atoms with E-state index in [4.69, 9.17) is 4.74 Å². The van der Waals surface area contributed by atoms with E-state index in [1.165, 1.54) is 25.7 Å². The number of rotatable bonds is 10. The maximum absolute atomic E-state index is 5.54. The highest BCUT2D eigenvalue weighted by molar-refractivity contribution is 5.36. The van der Waals surface area contributed by atoms with Crippen LogP contribution in [0, 0.1) is 5.41 Å². The number of anilines is 2. The smallest absolute Gasteiger partial charge is 0.323 e. The summed E-state index contributed by atoms with van der Waals surface area (Å²) in [5.41, 5.74) is 0.462. The van der Waals surface area contributed by atoms with Gasteiger partial charge in [-0.25, -0.2) is 0 Å². The molecule has 21 heavy (non-hydrogen) atoms. The van der Waals surface area contributed by atoms with E-state index in [0.717, 1.165) is 19.5 Å². The molecule has 0 saturated heterocycles. The van der Waals surface area contributed by atoms with Crippen molar-refractivity contribution < 1.29 is 4.74 Å². The van der Waals surface area contributed by atoms with Crippen LogP contribution in [0.4, 0.5) is 11.9 Å². The Morgan fingerprint density at radius 1 is 1.00 bits per heavy atom. The second-order valence-electron chi connectivity index (χ2n) is 5.75. The van der Waals surface area contributed by atoms with Gasteiger partial charge in [-0.3, -0.25) is 0 Å². The Hall–Kier alpha value is -1.59. The van der Waals surface area contributed by atoms with Gasteiger partial charge in [-0.2, -0.15) is 15.0 Å². The zero-order valence-corrected chi connectivity index (χ0v) is 13.4. The number of nitrogens with one attached hydrogen (secondary N) is 2. The van der Waals surface area contributed by atoms with Crippen LogP contribution < -0.4 is 15.4 Å². The molecule has 1 aliphatic carbocycles. The minimum Gasteiger partial charge on any atom is -0.463 e. The van der Waals surface area contributed by atoms with Gasteiger partial charge in [0.15, 0.2) is 0 Å². The van der Waals surface area contributed by atoms with Crippen molar-refractivity contribution in [2.24, 2.45) is 5.41 Å². The van der Waals surface area contributed by atoms with Crippen LogP contribution >= 0.6 is 0 Å². The van der Waals surface area contributed by atoms with Gasteiger partial charge in [-0.15, -0.1) is 0 Å². The molecule has 0 aromatic carbocycles. The fourth-order valence-corrected chi connectivity index (χ4v) is 2.42. The minimum absolute atomic E-state index is 0.394. The van der Waals surface area contributed by atoms with E-state index < -0.39 is 0 Å². The summed E-state index contributed by atoms with van der Waals surface area (Å²) < 4.78 is 5.54. The van der Waals surface area contributed by atoms with Crippen LogP contribution in [-0.2, 0) is 0 Å². The van der Waals surface area contributed by atoms with E-state index >= 15 is 0 Å². The lowest BCUT2D eigenvalue weighted by molar-refractivity contribution is 0.292. The van der Waals surface area contributed by atoms with Crippen molar-refractivity contribution in [3.8, 4) is 6.01 Å². The van der Waals surface area contributed by atoms with Crippen molar-refractivity contribution in [3.05, 3.63) is 0 Å². The number of aromatic nitrogens is 3. The highest BCUT2D eigenvalue weighted by Crippen LogP contribution is 2.49. The first-order chi connectivity index (χ1) is 10.2. The summed E-state index contributed by atoms with van der Waals surface area (Å²) >= 11 is 0. The van der Waals surface area contributed by atoms with Gasteiger partial charge < -0.3 is 15.4 Å². The molecule has 1 aromatic rings. The number of hydrogen-bond acceptors (Lipinski definition) is 6. The Kier molecular flexibility index (Phi) is 5.59. The van der Waals surface area contributed by atoms with Crippen LogP contribution in [0.15, 0.2) is 0 Å². The molecule has 0 aliphatic heterocycles. The summed E-state index contributed by atoms with van der Waals surface area (Å²) in [5.74, 6) is 1.18. The molecule has 0 spiro atoms. The third-order valence-corrected chi connectivity index (χ3v) is 3.74. The SMILES string of the molecule is CCCOc1nc(NCC)nc(NCC2(CCC)CC2)n1. The maximum atomic E-state index is 5.54. The van der Waals surface area contributed by atoms with Crippen LogP contribution in [-0.4, -0.2) is 34.6 Å². The quantitative estimate of drug-likeness (QED) is 0.690. The molecule has 0 unspecified atom stereocenters. The Labute approximate surface area is 127 Å². The Balaban J connectivity index is 2.01. The van der Waals surface area contributed by atoms with Crippen molar-refractivity contribution in [1.29, 1.82) is 0 Å². The maximum Gasteiger partial charge on any atom is 0.323 e. The van der Waals surface area contributed by atoms with E-state index in [1.807, 2.05) is 6.92 Å². The van der Waals surface area contributed by atoms with Crippen LogP contribution in [0.25, 0.3) is 0 Å². The summed E-state index contributed by atoms with van der Waals surface area (Å²) in [7, 11) is 0. The summed E-state index contributed by atoms with van der Waals surface area (Å²) in [5, 5.41) is 6.49. The Morgan fingerprint density at radius 3 is 2.29 bits per heavy atom. The minimum atomic E-state index is 0.394. The third-order valence-electron chi connectivity index (χ3n) is 3.74. The molecule has 0 radical (unpaired) electrons. The zero-order chi connectivity index (χ0) is 15.1. The van der Waals surface area contributed by atoms with E-state index in [-0.39, 0.29) is 0 Å². The highest BCUT2D eigenvalue weighted by Gasteiger charge is 2.41. The lowest BCUT2D eigenvalue weighted by atomic mass is 10.0. The molecular weight excluding hydrogens is 266 g/mol. The topological polar surface area (TPSA) is 72.0 Å². The molecule has 2 rings (SSSR count). The summed E-state index contributed by atoms with van der Waals surface area (Å²) in [6.45, 7) is 8.65. The monoisotopic (exact) mass is 293 g/mol. The largest absolute Gasteiger partial charge is 0.463 e. The van der Waals surface area contributed by atoms with Crippen molar-refractivity contribution >= 4 is 11.9 Å². The summed E-state index contributed by atoms with van der Waals surface area (Å²) in [6, 6.07) is 0.394. The second kappa shape index (κ2) is 7.43. The molecule has 0 amide bonds. The van der Waals surface area contributed by atoms with Gasteiger partial charge in [0.1, 0.15) is 0 Å². The molecule has 1 aliphatic rings. The van der Waals surface area contributed by atoms with Crippen molar-refractivity contribution in [1.82, 2.24) is 15.0 Å². The Bertz CT molecular complexity index is 448. The lowest BCUT2D eigenvalue weighted by Crippen LogP contribution is -2.18. The number of nitrogens with zero attached hydrogens (tertiary/aromatic N) is 3. The Morgan fingerprint density at radius 2 is 1.71 bits per heavy atom. The molecule has 1 fully saturated rings. The molecule has 1 heterocycles. The second-order valence-corrected chi connectivity index (χ2v) is 5.75. The molecule has 0 atom stereocenters. The molecule has 6 nitrogen and oxygen atoms in total. The van der Waals surface area contributed by atoms with E-state index in [0.29, 0.717) is 29.9 Å². The first kappa shape index (κ1) is 15.8. The normalized spacial score (nSPS) is 15.6. The first-order valence-electron chi connectivity index (χ1n) is 8.08. The average molecular weight is 293 g/mol. The van der Waals surface area contributed by atoms with Crippen LogP contribution in [0.3, 0.4) is 0 Å². The molecule has 1 saturated carbocycles. The van der Waals surface area contributed by atoms with Crippen LogP contribution in [0.2, 0.25) is 0 Å². The van der Waals surface area contributed by atoms with Gasteiger partial charge in [0.2, 0.25) is 11.9 Å². The van der Waals surface area contributed by atoms with E-state index in [2.05, 4.69) is 39.4 Å². The highest BCUT2D eigenvalue weighted by atomic mass is 16.5. The fourth-order valence-electron chi connectivity index (χ4n) is 2.42. The molecule has 1 aromatic heterocycles. The predicted molar refractivity (Wildman–Crippen MR) is 84.8 cm³/mol.